The van der Waals surface area contributed by atoms with Crippen LogP contribution in [0.4, 0.5) is 0 Å². The molecule has 4 aromatic rings. The summed E-state index contributed by atoms with van der Waals surface area (Å²) in [4.78, 5) is 0. The molecule has 328 valence electrons. The van der Waals surface area contributed by atoms with E-state index in [4.69, 9.17) is 0 Å². The molecule has 62 heavy (non-hydrogen) atoms. The summed E-state index contributed by atoms with van der Waals surface area (Å²) in [5.74, 6) is 0. The van der Waals surface area contributed by atoms with E-state index in [1.54, 1.807) is 0 Å². The van der Waals surface area contributed by atoms with Crippen LogP contribution < -0.4 is 24.8 Å². The predicted molar refractivity (Wildman–Crippen MR) is 256 cm³/mol. The molecule has 4 aliphatic rings. The molecule has 0 nitrogen and oxygen atoms in total. The van der Waals surface area contributed by atoms with Gasteiger partial charge in [-0.1, -0.05) is 131 Å². The van der Waals surface area contributed by atoms with E-state index < -0.39 is 0 Å². The third-order valence-electron chi connectivity index (χ3n) is 10.1. The maximum atomic E-state index is 3.67. The average Bonchev–Trinajstić information content (AvgIpc) is 3.98. The molecule has 0 spiro atoms. The van der Waals surface area contributed by atoms with Crippen LogP contribution in [0.2, 0.25) is 0 Å². The summed E-state index contributed by atoms with van der Waals surface area (Å²) in [6.07, 6.45) is 26.1. The van der Waals surface area contributed by atoms with Crippen molar-refractivity contribution in [1.29, 1.82) is 0 Å². The zero-order valence-corrected chi connectivity index (χ0v) is 49.7. The summed E-state index contributed by atoms with van der Waals surface area (Å²) in [7, 11) is 0. The number of halogens is 2. The smallest absolute Gasteiger partial charge is 1.00 e. The molecule has 4 heteroatoms. The monoisotopic (exact) mass is 1200 g/mol. The molecule has 8 rings (SSSR count). The first-order valence-electron chi connectivity index (χ1n) is 21.5. The standard InChI is InChI=1S/2C21H25.2C5H5.2C3H7.2ClH.2Hf/c2*1-20(2,3)16-7-9-18-14(12-16)11-15-13-17(21(4,5)6)8-10-19(15)18;2*1-2-4-5-3-1;2*1-3-2;;;;/h2*7-10,12H,11H2,1-6H3;2*1-3H,4H2;2*3H,1-2H3;2*1H;;/q6*-1;;;2*+4/p-2. The molecule has 0 bridgehead atoms. The first-order chi connectivity index (χ1) is 27.1. The van der Waals surface area contributed by atoms with E-state index in [0.717, 1.165) is 25.7 Å². The van der Waals surface area contributed by atoms with E-state index in [1.165, 1.54) is 66.8 Å². The Morgan fingerprint density at radius 3 is 0.968 bits per heavy atom. The van der Waals surface area contributed by atoms with Gasteiger partial charge in [0.05, 0.1) is 0 Å². The van der Waals surface area contributed by atoms with Gasteiger partial charge in [-0.15, -0.1) is 35.1 Å². The van der Waals surface area contributed by atoms with Crippen LogP contribution in [0.15, 0.2) is 97.1 Å². The van der Waals surface area contributed by atoms with Crippen molar-refractivity contribution >= 4 is 0 Å². The van der Waals surface area contributed by atoms with Gasteiger partial charge < -0.3 is 37.7 Å². The van der Waals surface area contributed by atoms with E-state index in [0.29, 0.717) is 0 Å². The van der Waals surface area contributed by atoms with Gasteiger partial charge in [0.1, 0.15) is 0 Å². The molecule has 0 saturated heterocycles. The van der Waals surface area contributed by atoms with Gasteiger partial charge in [0, 0.05) is 0 Å². The molecular formula is C58H74Cl2Hf2. The van der Waals surface area contributed by atoms with Crippen LogP contribution in [0, 0.1) is 37.1 Å². The van der Waals surface area contributed by atoms with Crippen molar-refractivity contribution in [3.05, 3.63) is 179 Å². The van der Waals surface area contributed by atoms with Crippen LogP contribution in [0.5, 0.6) is 0 Å². The van der Waals surface area contributed by atoms with Crippen LogP contribution in [0.3, 0.4) is 0 Å². The van der Waals surface area contributed by atoms with Crippen molar-refractivity contribution in [2.24, 2.45) is 0 Å². The molecule has 0 atom stereocenters. The fraction of sp³-hybridized carbons (Fsp3) is 0.414. The Hall–Kier alpha value is -1.84. The Balaban J connectivity index is 0. The second kappa shape index (κ2) is 28.3. The molecule has 0 N–H and O–H groups in total. The number of allylic oxidation sites excluding steroid dienone is 8. The van der Waals surface area contributed by atoms with Gasteiger partial charge in [-0.2, -0.15) is 87.4 Å². The van der Waals surface area contributed by atoms with Crippen molar-refractivity contribution in [3.8, 4) is 22.3 Å². The molecule has 0 heterocycles. The molecule has 4 aromatic carbocycles. The number of benzene rings is 4. The number of fused-ring (bicyclic) bond motifs is 6. The molecular weight excluding hydrogens is 1120 g/mol. The van der Waals surface area contributed by atoms with E-state index in [1.807, 2.05) is 64.8 Å². The van der Waals surface area contributed by atoms with Crippen LogP contribution in [-0.4, -0.2) is 0 Å². The van der Waals surface area contributed by atoms with Crippen LogP contribution in [0.25, 0.3) is 22.3 Å². The molecule has 4 aliphatic carbocycles. The fourth-order valence-corrected chi connectivity index (χ4v) is 6.74. The normalized spacial score (nSPS) is 12.9. The summed E-state index contributed by atoms with van der Waals surface area (Å²) in [6, 6.07) is 30.3. The Kier molecular flexibility index (Phi) is 28.4. The topological polar surface area (TPSA) is 0 Å². The van der Waals surface area contributed by atoms with Crippen molar-refractivity contribution in [2.45, 2.75) is 158 Å². The zero-order valence-electron chi connectivity index (χ0n) is 41.0. The van der Waals surface area contributed by atoms with Gasteiger partial charge in [-0.3, -0.25) is 12.2 Å². The Morgan fingerprint density at radius 1 is 0.435 bits per heavy atom. The van der Waals surface area contributed by atoms with E-state index >= 15 is 0 Å². The van der Waals surface area contributed by atoms with E-state index in [2.05, 4.69) is 180 Å². The van der Waals surface area contributed by atoms with Gasteiger partial charge in [0.15, 0.2) is 0 Å². The van der Waals surface area contributed by atoms with Gasteiger partial charge in [0.2, 0.25) is 0 Å². The van der Waals surface area contributed by atoms with Gasteiger partial charge in [-0.25, -0.2) is 24.3 Å². The quantitative estimate of drug-likeness (QED) is 0.105. The van der Waals surface area contributed by atoms with Crippen LogP contribution >= 0.6 is 0 Å². The Labute approximate surface area is 431 Å². The summed E-state index contributed by atoms with van der Waals surface area (Å²) < 4.78 is 0. The number of rotatable bonds is 0. The summed E-state index contributed by atoms with van der Waals surface area (Å²) in [6.45, 7) is 35.2. The minimum Gasteiger partial charge on any atom is -1.00 e. The molecule has 0 aromatic heterocycles. The van der Waals surface area contributed by atoms with Crippen molar-refractivity contribution in [1.82, 2.24) is 0 Å². The molecule has 0 amide bonds. The number of hydrogen-bond donors (Lipinski definition) is 0. The van der Waals surface area contributed by atoms with Crippen molar-refractivity contribution in [2.75, 3.05) is 0 Å². The summed E-state index contributed by atoms with van der Waals surface area (Å²) in [5, 5.41) is 0. The van der Waals surface area contributed by atoms with Crippen molar-refractivity contribution < 1.29 is 76.5 Å². The van der Waals surface area contributed by atoms with Gasteiger partial charge in [-0.05, 0) is 56.8 Å². The van der Waals surface area contributed by atoms with E-state index in [-0.39, 0.29) is 98.2 Å². The average molecular weight is 1200 g/mol. The molecule has 0 aliphatic heterocycles. The SMILES string of the molecule is CC(C)(C)c1[c-]c2c(cc1)-c1ccc(C(C)(C)C)cc1C2.CC(C)(C)c1[c-]c2c(cc1)-c1ccc(C(C)(C)C)cc1C2.C[CH-]C.C[CH-]C.[C-]1=CC=CC1.[C-]1=CC=CC1.[Cl-].[Cl-].[Hf+4].[Hf+4]. The second-order valence-corrected chi connectivity index (χ2v) is 19.8. The first kappa shape index (κ1) is 62.2. The summed E-state index contributed by atoms with van der Waals surface area (Å²) in [5.41, 5.74) is 17.4. The molecule has 0 saturated carbocycles. The third kappa shape index (κ3) is 18.9. The largest absolute Gasteiger partial charge is 4.00 e. The first-order valence-corrected chi connectivity index (χ1v) is 21.5. The van der Waals surface area contributed by atoms with E-state index in [9.17, 15) is 0 Å². The maximum absolute atomic E-state index is 3.67. The van der Waals surface area contributed by atoms with Crippen LogP contribution in [-0.2, 0) is 86.2 Å². The Bertz CT molecular complexity index is 1760. The van der Waals surface area contributed by atoms with Gasteiger partial charge >= 0.3 is 51.7 Å². The Morgan fingerprint density at radius 2 is 0.742 bits per heavy atom. The molecule has 0 unspecified atom stereocenters. The third-order valence-corrected chi connectivity index (χ3v) is 10.1. The van der Waals surface area contributed by atoms with Crippen molar-refractivity contribution in [3.63, 3.8) is 0 Å². The molecule has 0 fully saturated rings. The maximum Gasteiger partial charge on any atom is 4.00 e. The fourth-order valence-electron chi connectivity index (χ4n) is 6.74. The van der Waals surface area contributed by atoms with Crippen LogP contribution in [0.1, 0.15) is 168 Å². The summed E-state index contributed by atoms with van der Waals surface area (Å²) >= 11 is 0. The predicted octanol–water partition coefficient (Wildman–Crippen LogP) is 10.4. The second-order valence-electron chi connectivity index (χ2n) is 19.8. The minimum absolute atomic E-state index is 0. The molecule has 0 radical (unpaired) electrons. The minimum atomic E-state index is 0. The van der Waals surface area contributed by atoms with Gasteiger partial charge in [0.25, 0.3) is 0 Å². The zero-order chi connectivity index (χ0) is 43.3. The number of hydrogen-bond acceptors (Lipinski definition) is 0.